The Morgan fingerprint density at radius 3 is 2.89 bits per heavy atom. The number of aryl methyl sites for hydroxylation is 1. The molecule has 0 atom stereocenters. The highest BCUT2D eigenvalue weighted by atomic mass is 35.5. The Kier molecular flexibility index (Phi) is 2.57. The van der Waals surface area contributed by atoms with Crippen LogP contribution in [-0.4, -0.2) is 19.2 Å². The topological polar surface area (TPSA) is 61.1 Å². The molecule has 0 fully saturated rings. The van der Waals surface area contributed by atoms with E-state index in [-0.39, 0.29) is 0 Å². The Labute approximate surface area is 109 Å². The fourth-order valence-corrected chi connectivity index (χ4v) is 2.09. The van der Waals surface area contributed by atoms with Gasteiger partial charge in [0.05, 0.1) is 22.6 Å². The summed E-state index contributed by atoms with van der Waals surface area (Å²) in [6, 6.07) is 5.81. The second-order valence-corrected chi connectivity index (χ2v) is 4.43. The largest absolute Gasteiger partial charge is 0.325 e. The van der Waals surface area contributed by atoms with Crippen molar-refractivity contribution in [2.75, 3.05) is 0 Å². The molecule has 3 rings (SSSR count). The van der Waals surface area contributed by atoms with Crippen LogP contribution in [0.15, 0.2) is 30.6 Å². The lowest BCUT2D eigenvalue weighted by molar-refractivity contribution is 0.814. The fraction of sp³-hybridized carbons (Fsp3) is 0.167. The zero-order chi connectivity index (χ0) is 12.7. The first-order valence-corrected chi connectivity index (χ1v) is 5.96. The average molecular weight is 262 g/mol. The van der Waals surface area contributed by atoms with Gasteiger partial charge in [-0.15, -0.1) is 0 Å². The molecule has 2 N–H and O–H groups in total. The maximum Gasteiger partial charge on any atom is 0.176 e. The van der Waals surface area contributed by atoms with Crippen molar-refractivity contribution in [2.45, 2.75) is 13.5 Å². The van der Waals surface area contributed by atoms with Gasteiger partial charge in [0.25, 0.3) is 0 Å². The Hall–Kier alpha value is -1.85. The number of fused-ring (bicyclic) bond motifs is 1. The highest BCUT2D eigenvalue weighted by molar-refractivity contribution is 6.31. The lowest BCUT2D eigenvalue weighted by atomic mass is 10.4. The van der Waals surface area contributed by atoms with Gasteiger partial charge in [-0.3, -0.25) is 0 Å². The van der Waals surface area contributed by atoms with Crippen LogP contribution in [0.25, 0.3) is 11.5 Å². The molecule has 0 radical (unpaired) electrons. The van der Waals surface area contributed by atoms with Gasteiger partial charge < -0.3 is 10.1 Å². The molecule has 5 nitrogen and oxygen atoms in total. The van der Waals surface area contributed by atoms with E-state index in [4.69, 9.17) is 17.3 Å². The molecule has 0 saturated carbocycles. The number of aromatic nitrogens is 4. The second-order valence-electron chi connectivity index (χ2n) is 4.02. The van der Waals surface area contributed by atoms with E-state index in [1.807, 2.05) is 35.7 Å². The number of imidazole rings is 1. The molecule has 0 amide bonds. The first-order chi connectivity index (χ1) is 8.70. The van der Waals surface area contributed by atoms with Gasteiger partial charge in [0.1, 0.15) is 5.65 Å². The standard InChI is InChI=1S/C12H12ClN5/c1-8-9(13)7-18(16-8)12-10(6-14)17-5-3-2-4-11(17)15-12/h2-5,7H,6,14H2,1H3. The average Bonchev–Trinajstić information content (AvgIpc) is 2.90. The normalized spacial score (nSPS) is 11.3. The van der Waals surface area contributed by atoms with Gasteiger partial charge >= 0.3 is 0 Å². The van der Waals surface area contributed by atoms with Crippen molar-refractivity contribution in [3.05, 3.63) is 47.0 Å². The van der Waals surface area contributed by atoms with E-state index in [1.54, 1.807) is 10.9 Å². The minimum absolute atomic E-state index is 0.386. The van der Waals surface area contributed by atoms with Crippen LogP contribution >= 0.6 is 11.6 Å². The van der Waals surface area contributed by atoms with Crippen LogP contribution in [0.1, 0.15) is 11.4 Å². The smallest absolute Gasteiger partial charge is 0.176 e. The molecule has 3 aromatic heterocycles. The summed E-state index contributed by atoms with van der Waals surface area (Å²) in [5.41, 5.74) is 8.34. The summed E-state index contributed by atoms with van der Waals surface area (Å²) in [5, 5.41) is 4.96. The minimum atomic E-state index is 0.386. The SMILES string of the molecule is Cc1nn(-c2nc3ccccn3c2CN)cc1Cl. The summed E-state index contributed by atoms with van der Waals surface area (Å²) in [5.74, 6) is 0.721. The van der Waals surface area contributed by atoms with Crippen LogP contribution in [0.3, 0.4) is 0 Å². The van der Waals surface area contributed by atoms with E-state index in [2.05, 4.69) is 10.1 Å². The van der Waals surface area contributed by atoms with Crippen LogP contribution in [0.4, 0.5) is 0 Å². The zero-order valence-corrected chi connectivity index (χ0v) is 10.6. The van der Waals surface area contributed by atoms with E-state index in [0.29, 0.717) is 11.6 Å². The van der Waals surface area contributed by atoms with Gasteiger partial charge in [-0.2, -0.15) is 5.10 Å². The molecular formula is C12H12ClN5. The van der Waals surface area contributed by atoms with Gasteiger partial charge in [0.2, 0.25) is 0 Å². The van der Waals surface area contributed by atoms with Crippen molar-refractivity contribution in [2.24, 2.45) is 5.73 Å². The van der Waals surface area contributed by atoms with E-state index in [1.165, 1.54) is 0 Å². The Morgan fingerprint density at radius 1 is 1.39 bits per heavy atom. The number of rotatable bonds is 2. The molecule has 0 bridgehead atoms. The third kappa shape index (κ3) is 1.60. The monoisotopic (exact) mass is 261 g/mol. The first kappa shape index (κ1) is 11.3. The number of halogens is 1. The number of nitrogens with zero attached hydrogens (tertiary/aromatic N) is 4. The lowest BCUT2D eigenvalue weighted by Crippen LogP contribution is -2.06. The number of hydrogen-bond acceptors (Lipinski definition) is 3. The molecular weight excluding hydrogens is 250 g/mol. The molecule has 6 heteroatoms. The van der Waals surface area contributed by atoms with E-state index >= 15 is 0 Å². The van der Waals surface area contributed by atoms with Crippen molar-refractivity contribution in [1.82, 2.24) is 19.2 Å². The van der Waals surface area contributed by atoms with E-state index in [9.17, 15) is 0 Å². The molecule has 0 unspecified atom stereocenters. The van der Waals surface area contributed by atoms with Gasteiger partial charge in [-0.05, 0) is 19.1 Å². The molecule has 0 spiro atoms. The third-order valence-electron chi connectivity index (χ3n) is 2.86. The number of nitrogens with two attached hydrogens (primary N) is 1. The molecule has 3 aromatic rings. The second kappa shape index (κ2) is 4.12. The third-order valence-corrected chi connectivity index (χ3v) is 3.23. The molecule has 0 saturated heterocycles. The van der Waals surface area contributed by atoms with Crippen molar-refractivity contribution in [3.8, 4) is 5.82 Å². The minimum Gasteiger partial charge on any atom is -0.325 e. The summed E-state index contributed by atoms with van der Waals surface area (Å²) in [4.78, 5) is 4.53. The van der Waals surface area contributed by atoms with Gasteiger partial charge in [0, 0.05) is 12.7 Å². The van der Waals surface area contributed by atoms with Crippen LogP contribution < -0.4 is 5.73 Å². The molecule has 92 valence electrons. The molecule has 0 aromatic carbocycles. The predicted molar refractivity (Wildman–Crippen MR) is 70.0 cm³/mol. The molecule has 3 heterocycles. The fourth-order valence-electron chi connectivity index (χ4n) is 1.95. The van der Waals surface area contributed by atoms with Gasteiger partial charge in [0.15, 0.2) is 5.82 Å². The van der Waals surface area contributed by atoms with Crippen molar-refractivity contribution in [1.29, 1.82) is 0 Å². The Morgan fingerprint density at radius 2 is 2.22 bits per heavy atom. The summed E-state index contributed by atoms with van der Waals surface area (Å²) in [6.07, 6.45) is 3.68. The predicted octanol–water partition coefficient (Wildman–Crippen LogP) is 1.94. The maximum atomic E-state index is 6.02. The van der Waals surface area contributed by atoms with Crippen molar-refractivity contribution < 1.29 is 0 Å². The lowest BCUT2D eigenvalue weighted by Gasteiger charge is -2.01. The summed E-state index contributed by atoms with van der Waals surface area (Å²) in [7, 11) is 0. The van der Waals surface area contributed by atoms with Crippen LogP contribution in [0.5, 0.6) is 0 Å². The highest BCUT2D eigenvalue weighted by Gasteiger charge is 2.14. The highest BCUT2D eigenvalue weighted by Crippen LogP contribution is 2.19. The van der Waals surface area contributed by atoms with Crippen LogP contribution in [0, 0.1) is 6.92 Å². The quantitative estimate of drug-likeness (QED) is 0.767. The number of pyridine rings is 1. The Bertz CT molecular complexity index is 693. The van der Waals surface area contributed by atoms with Gasteiger partial charge in [-0.25, -0.2) is 9.67 Å². The summed E-state index contributed by atoms with van der Waals surface area (Å²) in [6.45, 7) is 2.24. The molecule has 0 aliphatic carbocycles. The molecule has 0 aliphatic rings. The molecule has 18 heavy (non-hydrogen) atoms. The maximum absolute atomic E-state index is 6.02. The summed E-state index contributed by atoms with van der Waals surface area (Å²) < 4.78 is 3.63. The molecule has 0 aliphatic heterocycles. The zero-order valence-electron chi connectivity index (χ0n) is 9.84. The van der Waals surface area contributed by atoms with Crippen LogP contribution in [-0.2, 0) is 6.54 Å². The van der Waals surface area contributed by atoms with E-state index in [0.717, 1.165) is 22.9 Å². The summed E-state index contributed by atoms with van der Waals surface area (Å²) >= 11 is 6.02. The Balaban J connectivity index is 2.28. The van der Waals surface area contributed by atoms with Crippen molar-refractivity contribution in [3.63, 3.8) is 0 Å². The number of hydrogen-bond donors (Lipinski definition) is 1. The van der Waals surface area contributed by atoms with Gasteiger partial charge in [-0.1, -0.05) is 17.7 Å². The van der Waals surface area contributed by atoms with E-state index < -0.39 is 0 Å². The van der Waals surface area contributed by atoms with Crippen molar-refractivity contribution >= 4 is 17.2 Å². The first-order valence-electron chi connectivity index (χ1n) is 5.59. The van der Waals surface area contributed by atoms with Crippen LogP contribution in [0.2, 0.25) is 5.02 Å².